The third kappa shape index (κ3) is 7.61. The monoisotopic (exact) mass is 564 g/mol. The van der Waals surface area contributed by atoms with E-state index in [4.69, 9.17) is 46.9 Å². The first kappa shape index (κ1) is 27.7. The van der Waals surface area contributed by atoms with E-state index in [1.165, 1.54) is 0 Å². The second-order valence-corrected chi connectivity index (χ2v) is 10.0. The summed E-state index contributed by atoms with van der Waals surface area (Å²) in [6.07, 6.45) is -2.38. The molecular formula is C32H30Cl2O5. The lowest BCUT2D eigenvalue weighted by molar-refractivity contribution is -0.278. The van der Waals surface area contributed by atoms with E-state index in [-0.39, 0.29) is 6.61 Å². The van der Waals surface area contributed by atoms with E-state index in [1.54, 1.807) is 18.2 Å². The summed E-state index contributed by atoms with van der Waals surface area (Å²) in [5.41, 5.74) is 3.11. The van der Waals surface area contributed by atoms with Crippen LogP contribution in [-0.4, -0.2) is 31.2 Å². The van der Waals surface area contributed by atoms with Crippen LogP contribution < -0.4 is 4.74 Å². The molecule has 7 heteroatoms. The summed E-state index contributed by atoms with van der Waals surface area (Å²) < 4.78 is 31.8. The molecule has 5 nitrogen and oxygen atoms in total. The molecule has 0 aliphatic carbocycles. The van der Waals surface area contributed by atoms with Crippen LogP contribution in [0.15, 0.2) is 109 Å². The van der Waals surface area contributed by atoms with Crippen molar-refractivity contribution in [1.82, 2.24) is 0 Å². The molecule has 0 unspecified atom stereocenters. The summed E-state index contributed by atoms with van der Waals surface area (Å²) in [4.78, 5) is 0. The molecule has 202 valence electrons. The van der Waals surface area contributed by atoms with Crippen molar-refractivity contribution >= 4 is 23.2 Å². The molecule has 4 aromatic carbocycles. The molecule has 4 atom stereocenters. The van der Waals surface area contributed by atoms with E-state index < -0.39 is 24.6 Å². The van der Waals surface area contributed by atoms with Crippen molar-refractivity contribution in [3.05, 3.63) is 136 Å². The third-order valence-electron chi connectivity index (χ3n) is 6.41. The van der Waals surface area contributed by atoms with Gasteiger partial charge in [-0.2, -0.15) is 0 Å². The van der Waals surface area contributed by atoms with E-state index >= 15 is 0 Å². The van der Waals surface area contributed by atoms with E-state index in [9.17, 15) is 0 Å². The SMILES string of the molecule is Clc1cccc(Cl)c1O[C@@H]1OC[C@@H](OCc2ccccc2)[C@H](OCc2ccccc2)[C@H]1OCc1ccccc1. The first-order valence-electron chi connectivity index (χ1n) is 12.9. The van der Waals surface area contributed by atoms with Gasteiger partial charge in [-0.3, -0.25) is 0 Å². The van der Waals surface area contributed by atoms with Crippen LogP contribution in [0.1, 0.15) is 16.7 Å². The van der Waals surface area contributed by atoms with Gasteiger partial charge in [0.2, 0.25) is 6.29 Å². The van der Waals surface area contributed by atoms with Crippen molar-refractivity contribution in [3.8, 4) is 5.75 Å². The van der Waals surface area contributed by atoms with Gasteiger partial charge in [0.1, 0.15) is 18.3 Å². The Kier molecular flexibility index (Phi) is 9.89. The molecule has 1 fully saturated rings. The van der Waals surface area contributed by atoms with Crippen molar-refractivity contribution in [2.75, 3.05) is 6.61 Å². The molecule has 1 saturated heterocycles. The number of hydrogen-bond donors (Lipinski definition) is 0. The van der Waals surface area contributed by atoms with E-state index in [0.29, 0.717) is 35.6 Å². The van der Waals surface area contributed by atoms with Crippen LogP contribution in [-0.2, 0) is 38.8 Å². The van der Waals surface area contributed by atoms with Crippen LogP contribution in [0.2, 0.25) is 10.0 Å². The second kappa shape index (κ2) is 13.9. The highest BCUT2D eigenvalue weighted by Gasteiger charge is 2.45. The summed E-state index contributed by atoms with van der Waals surface area (Å²) in [5.74, 6) is 0.338. The predicted octanol–water partition coefficient (Wildman–Crippen LogP) is 7.48. The number of halogens is 2. The lowest BCUT2D eigenvalue weighted by atomic mass is 10.0. The van der Waals surface area contributed by atoms with Gasteiger partial charge in [0.25, 0.3) is 0 Å². The second-order valence-electron chi connectivity index (χ2n) is 9.23. The van der Waals surface area contributed by atoms with Gasteiger partial charge in [-0.1, -0.05) is 120 Å². The topological polar surface area (TPSA) is 46.2 Å². The summed E-state index contributed by atoms with van der Waals surface area (Å²) in [6.45, 7) is 1.36. The highest BCUT2D eigenvalue weighted by Crippen LogP contribution is 2.36. The van der Waals surface area contributed by atoms with Gasteiger partial charge in [-0.15, -0.1) is 0 Å². The normalized spacial score (nSPS) is 21.0. The zero-order valence-electron chi connectivity index (χ0n) is 21.3. The van der Waals surface area contributed by atoms with Crippen molar-refractivity contribution in [3.63, 3.8) is 0 Å². The lowest BCUT2D eigenvalue weighted by Gasteiger charge is -2.42. The molecule has 39 heavy (non-hydrogen) atoms. The summed E-state index contributed by atoms with van der Waals surface area (Å²) in [5, 5.41) is 0.772. The van der Waals surface area contributed by atoms with Crippen LogP contribution in [0.25, 0.3) is 0 Å². The maximum absolute atomic E-state index is 6.52. The highest BCUT2D eigenvalue weighted by atomic mass is 35.5. The Balaban J connectivity index is 1.41. The molecule has 1 heterocycles. The van der Waals surface area contributed by atoms with Crippen molar-refractivity contribution in [1.29, 1.82) is 0 Å². The summed E-state index contributed by atoms with van der Waals surface area (Å²) in [7, 11) is 0. The Bertz CT molecular complexity index is 1270. The maximum atomic E-state index is 6.52. The number of para-hydroxylation sites is 1. The predicted molar refractivity (Wildman–Crippen MR) is 152 cm³/mol. The van der Waals surface area contributed by atoms with Gasteiger partial charge in [0, 0.05) is 0 Å². The van der Waals surface area contributed by atoms with Crippen molar-refractivity contribution in [2.24, 2.45) is 0 Å². The van der Waals surface area contributed by atoms with E-state index in [1.807, 2.05) is 91.0 Å². The van der Waals surface area contributed by atoms with E-state index in [2.05, 4.69) is 0 Å². The number of rotatable bonds is 11. The van der Waals surface area contributed by atoms with Crippen LogP contribution in [0.5, 0.6) is 5.75 Å². The molecule has 0 amide bonds. The van der Waals surface area contributed by atoms with Crippen molar-refractivity contribution in [2.45, 2.75) is 44.4 Å². The van der Waals surface area contributed by atoms with Gasteiger partial charge in [0.15, 0.2) is 5.75 Å². The molecule has 0 saturated carbocycles. The molecule has 5 rings (SSSR count). The molecule has 0 aromatic heterocycles. The third-order valence-corrected chi connectivity index (χ3v) is 7.01. The highest BCUT2D eigenvalue weighted by molar-refractivity contribution is 6.37. The van der Waals surface area contributed by atoms with Crippen LogP contribution in [0, 0.1) is 0 Å². The zero-order chi connectivity index (χ0) is 26.9. The van der Waals surface area contributed by atoms with Gasteiger partial charge in [-0.05, 0) is 28.8 Å². The van der Waals surface area contributed by atoms with Gasteiger partial charge < -0.3 is 23.7 Å². The van der Waals surface area contributed by atoms with Gasteiger partial charge in [-0.25, -0.2) is 0 Å². The molecule has 0 radical (unpaired) electrons. The molecule has 0 N–H and O–H groups in total. The lowest BCUT2D eigenvalue weighted by Crippen LogP contribution is -2.57. The number of hydrogen-bond acceptors (Lipinski definition) is 5. The Morgan fingerprint density at radius 3 is 1.54 bits per heavy atom. The van der Waals surface area contributed by atoms with Crippen LogP contribution in [0.3, 0.4) is 0 Å². The fraction of sp³-hybridized carbons (Fsp3) is 0.250. The Hall–Kier alpha value is -2.90. The Morgan fingerprint density at radius 2 is 1.03 bits per heavy atom. The van der Waals surface area contributed by atoms with E-state index in [0.717, 1.165) is 16.7 Å². The fourth-order valence-electron chi connectivity index (χ4n) is 4.39. The average molecular weight is 565 g/mol. The maximum Gasteiger partial charge on any atom is 0.229 e. The minimum absolute atomic E-state index is 0.240. The van der Waals surface area contributed by atoms with Gasteiger partial charge in [0.05, 0.1) is 36.5 Å². The van der Waals surface area contributed by atoms with Crippen LogP contribution in [0.4, 0.5) is 0 Å². The number of ether oxygens (including phenoxy) is 5. The van der Waals surface area contributed by atoms with Crippen molar-refractivity contribution < 1.29 is 23.7 Å². The fourth-order valence-corrected chi connectivity index (χ4v) is 4.87. The minimum Gasteiger partial charge on any atom is -0.459 e. The average Bonchev–Trinajstić information content (AvgIpc) is 2.98. The Morgan fingerprint density at radius 1 is 0.564 bits per heavy atom. The molecule has 0 spiro atoms. The standard InChI is InChI=1S/C32H30Cl2O5/c33-26-17-10-18-27(34)29(26)39-32-31(37-21-25-15-8-3-9-16-25)30(36-20-24-13-6-2-7-14-24)28(22-38-32)35-19-23-11-4-1-5-12-23/h1-18,28,30-32H,19-22H2/t28-,30+,31-,32+/m1/s1. The molecule has 0 bridgehead atoms. The first-order chi connectivity index (χ1) is 19.2. The van der Waals surface area contributed by atoms with Crippen LogP contribution >= 0.6 is 23.2 Å². The molecule has 1 aliphatic heterocycles. The summed E-state index contributed by atoms with van der Waals surface area (Å²) >= 11 is 12.9. The van der Waals surface area contributed by atoms with Gasteiger partial charge >= 0.3 is 0 Å². The molecule has 4 aromatic rings. The Labute approximate surface area is 239 Å². The number of benzene rings is 4. The zero-order valence-corrected chi connectivity index (χ0v) is 22.8. The largest absolute Gasteiger partial charge is 0.459 e. The minimum atomic E-state index is -0.830. The first-order valence-corrected chi connectivity index (χ1v) is 13.6. The quantitative estimate of drug-likeness (QED) is 0.189. The smallest absolute Gasteiger partial charge is 0.229 e. The molecule has 1 aliphatic rings. The summed E-state index contributed by atoms with van der Waals surface area (Å²) in [6, 6.07) is 35.2. The molecular weight excluding hydrogens is 535 g/mol.